The zero-order chi connectivity index (χ0) is 18.7. The zero-order valence-electron chi connectivity index (χ0n) is 15.4. The molecule has 1 aromatic carbocycles. The Bertz CT molecular complexity index is 691. The molecule has 0 bridgehead atoms. The van der Waals surface area contributed by atoms with Gasteiger partial charge >= 0.3 is 0 Å². The quantitative estimate of drug-likeness (QED) is 0.820. The van der Waals surface area contributed by atoms with Crippen LogP contribution in [0.3, 0.4) is 0 Å². The zero-order valence-corrected chi connectivity index (χ0v) is 16.2. The molecule has 136 valence electrons. The highest BCUT2D eigenvalue weighted by Crippen LogP contribution is 2.26. The Morgan fingerprint density at radius 2 is 1.75 bits per heavy atom. The third-order valence-corrected chi connectivity index (χ3v) is 5.29. The number of sulfonamides is 1. The summed E-state index contributed by atoms with van der Waals surface area (Å²) in [6.45, 7) is 11.2. The first kappa shape index (κ1) is 20.4. The smallest absolute Gasteiger partial charge is 0.251 e. The van der Waals surface area contributed by atoms with E-state index < -0.39 is 15.6 Å². The summed E-state index contributed by atoms with van der Waals surface area (Å²) in [6.07, 6.45) is 0. The fourth-order valence-electron chi connectivity index (χ4n) is 1.94. The summed E-state index contributed by atoms with van der Waals surface area (Å²) < 4.78 is 32.9. The molecule has 0 heterocycles. The number of carbonyl (C=O) groups excluding carboxylic acids is 1. The van der Waals surface area contributed by atoms with Gasteiger partial charge in [0.05, 0.1) is 7.11 Å². The highest BCUT2D eigenvalue weighted by molar-refractivity contribution is 7.89. The highest BCUT2D eigenvalue weighted by atomic mass is 32.2. The van der Waals surface area contributed by atoms with Crippen LogP contribution in [0.5, 0.6) is 5.75 Å². The molecule has 2 N–H and O–H groups in total. The molecule has 6 nitrogen and oxygen atoms in total. The number of hydrogen-bond donors (Lipinski definition) is 2. The molecule has 0 aliphatic carbocycles. The summed E-state index contributed by atoms with van der Waals surface area (Å²) >= 11 is 0. The molecule has 0 aliphatic rings. The lowest BCUT2D eigenvalue weighted by atomic mass is 10.1. The van der Waals surface area contributed by atoms with Gasteiger partial charge in [0.15, 0.2) is 0 Å². The van der Waals surface area contributed by atoms with Crippen LogP contribution in [-0.4, -0.2) is 33.0 Å². The van der Waals surface area contributed by atoms with E-state index in [1.807, 2.05) is 20.8 Å². The van der Waals surface area contributed by atoms with Crippen molar-refractivity contribution in [1.29, 1.82) is 0 Å². The van der Waals surface area contributed by atoms with Gasteiger partial charge in [0.1, 0.15) is 10.6 Å². The average Bonchev–Trinajstić information content (AvgIpc) is 2.43. The van der Waals surface area contributed by atoms with E-state index >= 15 is 0 Å². The van der Waals surface area contributed by atoms with E-state index in [1.54, 1.807) is 26.8 Å². The van der Waals surface area contributed by atoms with Crippen LogP contribution in [0.2, 0.25) is 0 Å². The molecule has 0 fully saturated rings. The number of amides is 1. The Balaban J connectivity index is 3.24. The van der Waals surface area contributed by atoms with Crippen molar-refractivity contribution in [3.8, 4) is 5.75 Å². The van der Waals surface area contributed by atoms with Crippen LogP contribution in [0.15, 0.2) is 23.1 Å². The van der Waals surface area contributed by atoms with Crippen LogP contribution >= 0.6 is 0 Å². The van der Waals surface area contributed by atoms with Crippen molar-refractivity contribution in [2.24, 2.45) is 5.92 Å². The van der Waals surface area contributed by atoms with E-state index in [0.29, 0.717) is 0 Å². The van der Waals surface area contributed by atoms with Gasteiger partial charge < -0.3 is 10.1 Å². The average molecular weight is 356 g/mol. The first-order valence-electron chi connectivity index (χ1n) is 7.90. The van der Waals surface area contributed by atoms with Gasteiger partial charge in [-0.2, -0.15) is 0 Å². The van der Waals surface area contributed by atoms with Gasteiger partial charge in [-0.25, -0.2) is 13.1 Å². The number of methoxy groups -OCH3 is 1. The molecule has 0 spiro atoms. The van der Waals surface area contributed by atoms with Crippen LogP contribution in [-0.2, 0) is 10.0 Å². The van der Waals surface area contributed by atoms with E-state index in [4.69, 9.17) is 4.74 Å². The first-order valence-corrected chi connectivity index (χ1v) is 9.38. The second kappa shape index (κ2) is 7.53. The standard InChI is InChI=1S/C17H28N2O4S/c1-11(2)12(3)18-16(20)13-8-9-14(23-7)15(10-13)24(21,22)19-17(4,5)6/h8-12,19H,1-7H3,(H,18,20). The maximum atomic E-state index is 12.6. The lowest BCUT2D eigenvalue weighted by Crippen LogP contribution is -2.40. The van der Waals surface area contributed by atoms with E-state index in [9.17, 15) is 13.2 Å². The van der Waals surface area contributed by atoms with Gasteiger partial charge in [-0.1, -0.05) is 13.8 Å². The van der Waals surface area contributed by atoms with Crippen molar-refractivity contribution < 1.29 is 17.9 Å². The van der Waals surface area contributed by atoms with Crippen molar-refractivity contribution in [1.82, 2.24) is 10.0 Å². The topological polar surface area (TPSA) is 84.5 Å². The van der Waals surface area contributed by atoms with Gasteiger partial charge in [0.25, 0.3) is 5.91 Å². The fourth-order valence-corrected chi connectivity index (χ4v) is 3.56. The minimum absolute atomic E-state index is 0.0210. The number of ether oxygens (including phenoxy) is 1. The van der Waals surface area contributed by atoms with Gasteiger partial charge in [-0.05, 0) is 51.8 Å². The van der Waals surface area contributed by atoms with E-state index in [1.165, 1.54) is 19.2 Å². The molecule has 0 saturated carbocycles. The summed E-state index contributed by atoms with van der Waals surface area (Å²) in [4.78, 5) is 12.3. The predicted octanol–water partition coefficient (Wildman–Crippen LogP) is 2.55. The van der Waals surface area contributed by atoms with Crippen molar-refractivity contribution in [3.63, 3.8) is 0 Å². The second-order valence-electron chi connectivity index (χ2n) is 7.23. The fraction of sp³-hybridized carbons (Fsp3) is 0.588. The second-order valence-corrected chi connectivity index (χ2v) is 8.88. The van der Waals surface area contributed by atoms with Crippen molar-refractivity contribution >= 4 is 15.9 Å². The van der Waals surface area contributed by atoms with Gasteiger partial charge in [0.2, 0.25) is 10.0 Å². The number of nitrogens with one attached hydrogen (secondary N) is 2. The Morgan fingerprint density at radius 3 is 2.21 bits per heavy atom. The third kappa shape index (κ3) is 5.49. The van der Waals surface area contributed by atoms with Crippen molar-refractivity contribution in [3.05, 3.63) is 23.8 Å². The first-order chi connectivity index (χ1) is 10.9. The van der Waals surface area contributed by atoms with Crippen LogP contribution in [0.4, 0.5) is 0 Å². The molecular formula is C17H28N2O4S. The molecular weight excluding hydrogens is 328 g/mol. The van der Waals surface area contributed by atoms with Crippen molar-refractivity contribution in [2.45, 2.75) is 58.0 Å². The molecule has 1 amide bonds. The van der Waals surface area contributed by atoms with Gasteiger partial charge in [-0.15, -0.1) is 0 Å². The molecule has 1 rings (SSSR count). The molecule has 0 aliphatic heterocycles. The van der Waals surface area contributed by atoms with Crippen LogP contribution in [0.1, 0.15) is 51.9 Å². The molecule has 7 heteroatoms. The predicted molar refractivity (Wildman–Crippen MR) is 94.8 cm³/mol. The van der Waals surface area contributed by atoms with Gasteiger partial charge in [-0.3, -0.25) is 4.79 Å². The Kier molecular flexibility index (Phi) is 6.41. The molecule has 0 radical (unpaired) electrons. The molecule has 24 heavy (non-hydrogen) atoms. The van der Waals surface area contributed by atoms with Crippen molar-refractivity contribution in [2.75, 3.05) is 7.11 Å². The van der Waals surface area contributed by atoms with Gasteiger partial charge in [0, 0.05) is 17.1 Å². The Labute approximate surface area is 145 Å². The Hall–Kier alpha value is -1.60. The lowest BCUT2D eigenvalue weighted by Gasteiger charge is -2.22. The van der Waals surface area contributed by atoms with Crippen LogP contribution in [0, 0.1) is 5.92 Å². The summed E-state index contributed by atoms with van der Waals surface area (Å²) in [7, 11) is -2.42. The summed E-state index contributed by atoms with van der Waals surface area (Å²) in [5.41, 5.74) is -0.369. The summed E-state index contributed by atoms with van der Waals surface area (Å²) in [6, 6.07) is 4.37. The lowest BCUT2D eigenvalue weighted by molar-refractivity contribution is 0.0930. The molecule has 0 aromatic heterocycles. The molecule has 1 aromatic rings. The molecule has 1 unspecified atom stereocenters. The minimum atomic E-state index is -3.82. The summed E-state index contributed by atoms with van der Waals surface area (Å²) in [5, 5.41) is 2.87. The SMILES string of the molecule is COc1ccc(C(=O)NC(C)C(C)C)cc1S(=O)(=O)NC(C)(C)C. The number of benzene rings is 1. The monoisotopic (exact) mass is 356 g/mol. The maximum Gasteiger partial charge on any atom is 0.251 e. The highest BCUT2D eigenvalue weighted by Gasteiger charge is 2.26. The van der Waals surface area contributed by atoms with E-state index in [-0.39, 0.29) is 34.1 Å². The summed E-state index contributed by atoms with van der Waals surface area (Å²) in [5.74, 6) is 0.157. The minimum Gasteiger partial charge on any atom is -0.495 e. The molecule has 0 saturated heterocycles. The number of carbonyl (C=O) groups is 1. The van der Waals surface area contributed by atoms with E-state index in [2.05, 4.69) is 10.0 Å². The number of hydrogen-bond acceptors (Lipinski definition) is 4. The Morgan fingerprint density at radius 1 is 1.17 bits per heavy atom. The van der Waals surface area contributed by atoms with Crippen LogP contribution in [0.25, 0.3) is 0 Å². The largest absolute Gasteiger partial charge is 0.495 e. The number of rotatable bonds is 6. The third-order valence-electron chi connectivity index (χ3n) is 3.51. The maximum absolute atomic E-state index is 12.6. The van der Waals surface area contributed by atoms with E-state index in [0.717, 1.165) is 0 Å². The van der Waals surface area contributed by atoms with Crippen LogP contribution < -0.4 is 14.8 Å². The normalized spacial score (nSPS) is 13.7. The molecule has 1 atom stereocenters.